The molecule has 1 aromatic carbocycles. The van der Waals surface area contributed by atoms with E-state index in [-0.39, 0.29) is 5.75 Å². The number of unbranched alkanes of at least 4 members (excludes halogenated alkanes) is 1. The van der Waals surface area contributed by atoms with Gasteiger partial charge in [0.05, 0.1) is 5.75 Å². The lowest BCUT2D eigenvalue weighted by Gasteiger charge is -2.10. The average Bonchev–Trinajstić information content (AvgIpc) is 2.42. The van der Waals surface area contributed by atoms with Crippen LogP contribution in [0.1, 0.15) is 45.6 Å². The van der Waals surface area contributed by atoms with Crippen LogP contribution in [0.3, 0.4) is 0 Å². The van der Waals surface area contributed by atoms with E-state index < -0.39 is 10.0 Å². The van der Waals surface area contributed by atoms with Gasteiger partial charge in [-0.1, -0.05) is 39.3 Å². The fourth-order valence-corrected chi connectivity index (χ4v) is 3.13. The molecular formula is C16H28N2O2S. The third-order valence-corrected chi connectivity index (χ3v) is 4.56. The van der Waals surface area contributed by atoms with E-state index in [1.165, 1.54) is 12.0 Å². The first-order valence-electron chi connectivity index (χ1n) is 7.76. The average molecular weight is 312 g/mol. The Balaban J connectivity index is 2.43. The summed E-state index contributed by atoms with van der Waals surface area (Å²) in [6.45, 7) is 6.98. The van der Waals surface area contributed by atoms with Crippen LogP contribution in [0, 0.1) is 0 Å². The Hall–Kier alpha value is -1.07. The highest BCUT2D eigenvalue weighted by molar-refractivity contribution is 7.92. The third kappa shape index (κ3) is 8.07. The summed E-state index contributed by atoms with van der Waals surface area (Å²) in [4.78, 5) is 0. The molecule has 0 unspecified atom stereocenters. The van der Waals surface area contributed by atoms with Crippen molar-refractivity contribution in [3.05, 3.63) is 29.8 Å². The summed E-state index contributed by atoms with van der Waals surface area (Å²) in [7, 11) is -3.25. The van der Waals surface area contributed by atoms with Gasteiger partial charge in [-0.2, -0.15) is 0 Å². The topological polar surface area (TPSA) is 58.2 Å². The number of hydrogen-bond donors (Lipinski definition) is 2. The van der Waals surface area contributed by atoms with E-state index in [0.29, 0.717) is 24.7 Å². The normalized spacial score (nSPS) is 11.8. The van der Waals surface area contributed by atoms with E-state index in [4.69, 9.17) is 0 Å². The Labute approximate surface area is 129 Å². The van der Waals surface area contributed by atoms with Gasteiger partial charge >= 0.3 is 0 Å². The number of hydrogen-bond acceptors (Lipinski definition) is 3. The van der Waals surface area contributed by atoms with Crippen molar-refractivity contribution in [1.29, 1.82) is 0 Å². The highest BCUT2D eigenvalue weighted by Gasteiger charge is 2.10. The largest absolute Gasteiger partial charge is 0.314 e. The molecule has 0 aliphatic heterocycles. The Morgan fingerprint density at radius 2 is 1.76 bits per heavy atom. The van der Waals surface area contributed by atoms with E-state index in [1.807, 2.05) is 38.1 Å². The molecule has 1 aromatic rings. The molecule has 0 spiro atoms. The Morgan fingerprint density at radius 1 is 1.10 bits per heavy atom. The maximum atomic E-state index is 12.0. The fourth-order valence-electron chi connectivity index (χ4n) is 2.00. The number of rotatable bonds is 10. The number of nitrogens with one attached hydrogen (secondary N) is 2. The summed E-state index contributed by atoms with van der Waals surface area (Å²) in [5, 5.41) is 3.22. The van der Waals surface area contributed by atoms with Gasteiger partial charge in [0.2, 0.25) is 10.0 Å². The molecule has 0 fully saturated rings. The van der Waals surface area contributed by atoms with Gasteiger partial charge in [-0.05, 0) is 43.5 Å². The van der Waals surface area contributed by atoms with Gasteiger partial charge in [0.15, 0.2) is 0 Å². The standard InChI is InChI=1S/C16H28N2O2S/c1-4-5-7-15-8-10-16(11-9-15)18-21(19,20)13-6-12-17-14(2)3/h8-11,14,17-18H,4-7,12-13H2,1-3H3. The van der Waals surface area contributed by atoms with Gasteiger partial charge in [0.1, 0.15) is 0 Å². The Morgan fingerprint density at radius 3 is 2.33 bits per heavy atom. The summed E-state index contributed by atoms with van der Waals surface area (Å²) >= 11 is 0. The van der Waals surface area contributed by atoms with Crippen molar-refractivity contribution in [2.24, 2.45) is 0 Å². The van der Waals surface area contributed by atoms with Crippen LogP contribution in [0.2, 0.25) is 0 Å². The minimum absolute atomic E-state index is 0.143. The molecule has 1 rings (SSSR count). The second-order valence-electron chi connectivity index (χ2n) is 5.68. The molecule has 0 atom stereocenters. The van der Waals surface area contributed by atoms with Gasteiger partial charge in [-0.15, -0.1) is 0 Å². The molecule has 4 nitrogen and oxygen atoms in total. The van der Waals surface area contributed by atoms with Crippen molar-refractivity contribution in [3.8, 4) is 0 Å². The molecule has 0 saturated carbocycles. The molecule has 0 saturated heterocycles. The molecule has 0 aliphatic carbocycles. The van der Waals surface area contributed by atoms with Crippen molar-refractivity contribution in [1.82, 2.24) is 5.32 Å². The predicted molar refractivity (Wildman–Crippen MR) is 90.2 cm³/mol. The number of sulfonamides is 1. The second-order valence-corrected chi connectivity index (χ2v) is 7.53. The first-order valence-corrected chi connectivity index (χ1v) is 9.41. The lowest BCUT2D eigenvalue weighted by Crippen LogP contribution is -2.26. The maximum Gasteiger partial charge on any atom is 0.232 e. The lowest BCUT2D eigenvalue weighted by atomic mass is 10.1. The zero-order valence-corrected chi connectivity index (χ0v) is 14.2. The first kappa shape index (κ1) is 18.0. The zero-order valence-electron chi connectivity index (χ0n) is 13.4. The highest BCUT2D eigenvalue weighted by Crippen LogP contribution is 2.13. The van der Waals surface area contributed by atoms with Crippen molar-refractivity contribution in [2.75, 3.05) is 17.0 Å². The fraction of sp³-hybridized carbons (Fsp3) is 0.625. The van der Waals surface area contributed by atoms with Gasteiger partial charge < -0.3 is 5.32 Å². The van der Waals surface area contributed by atoms with Crippen LogP contribution in [-0.4, -0.2) is 26.8 Å². The Bertz CT molecular complexity index is 496. The van der Waals surface area contributed by atoms with Crippen molar-refractivity contribution in [3.63, 3.8) is 0 Å². The van der Waals surface area contributed by atoms with Crippen LogP contribution in [0.15, 0.2) is 24.3 Å². The minimum atomic E-state index is -3.25. The maximum absolute atomic E-state index is 12.0. The molecule has 0 heterocycles. The summed E-state index contributed by atoms with van der Waals surface area (Å²) in [6.07, 6.45) is 3.99. The van der Waals surface area contributed by atoms with Gasteiger partial charge in [0, 0.05) is 11.7 Å². The van der Waals surface area contributed by atoms with Crippen molar-refractivity contribution < 1.29 is 8.42 Å². The molecule has 21 heavy (non-hydrogen) atoms. The smallest absolute Gasteiger partial charge is 0.232 e. The van der Waals surface area contributed by atoms with E-state index in [2.05, 4.69) is 17.0 Å². The van der Waals surface area contributed by atoms with E-state index in [0.717, 1.165) is 12.8 Å². The molecule has 0 amide bonds. The summed E-state index contributed by atoms with van der Waals surface area (Å²) in [5.74, 6) is 0.143. The van der Waals surface area contributed by atoms with Crippen LogP contribution in [0.4, 0.5) is 5.69 Å². The van der Waals surface area contributed by atoms with E-state index in [9.17, 15) is 8.42 Å². The highest BCUT2D eigenvalue weighted by atomic mass is 32.2. The molecule has 0 aliphatic rings. The number of benzene rings is 1. The molecule has 0 aromatic heterocycles. The summed E-state index contributed by atoms with van der Waals surface area (Å²) in [6, 6.07) is 8.06. The van der Waals surface area contributed by atoms with Gasteiger partial charge in [0.25, 0.3) is 0 Å². The molecule has 2 N–H and O–H groups in total. The minimum Gasteiger partial charge on any atom is -0.314 e. The van der Waals surface area contributed by atoms with E-state index in [1.54, 1.807) is 0 Å². The number of anilines is 1. The molecule has 5 heteroatoms. The SMILES string of the molecule is CCCCc1ccc(NS(=O)(=O)CCCNC(C)C)cc1. The van der Waals surface area contributed by atoms with Gasteiger partial charge in [-0.3, -0.25) is 4.72 Å². The van der Waals surface area contributed by atoms with Crippen molar-refractivity contribution >= 4 is 15.7 Å². The Kier molecular flexibility index (Phi) is 7.75. The monoisotopic (exact) mass is 312 g/mol. The predicted octanol–water partition coefficient (Wildman–Crippen LogP) is 3.16. The lowest BCUT2D eigenvalue weighted by molar-refractivity contribution is 0.571. The van der Waals surface area contributed by atoms with Crippen molar-refractivity contribution in [2.45, 2.75) is 52.5 Å². The summed E-state index contributed by atoms with van der Waals surface area (Å²) in [5.41, 5.74) is 1.90. The van der Waals surface area contributed by atoms with Gasteiger partial charge in [-0.25, -0.2) is 8.42 Å². The third-order valence-electron chi connectivity index (χ3n) is 3.19. The van der Waals surface area contributed by atoms with Crippen LogP contribution in [-0.2, 0) is 16.4 Å². The number of aryl methyl sites for hydroxylation is 1. The molecular weight excluding hydrogens is 284 g/mol. The second kappa shape index (κ2) is 9.05. The molecule has 0 bridgehead atoms. The molecule has 120 valence electrons. The van der Waals surface area contributed by atoms with Crippen LogP contribution >= 0.6 is 0 Å². The quantitative estimate of drug-likeness (QED) is 0.652. The van der Waals surface area contributed by atoms with Crippen LogP contribution in [0.25, 0.3) is 0 Å². The zero-order chi connectivity index (χ0) is 15.7. The summed E-state index contributed by atoms with van der Waals surface area (Å²) < 4.78 is 26.6. The van der Waals surface area contributed by atoms with Crippen LogP contribution in [0.5, 0.6) is 0 Å². The molecule has 0 radical (unpaired) electrons. The first-order chi connectivity index (χ1) is 9.93. The van der Waals surface area contributed by atoms with Crippen LogP contribution < -0.4 is 10.0 Å². The van der Waals surface area contributed by atoms with E-state index >= 15 is 0 Å².